The van der Waals surface area contributed by atoms with E-state index in [1.54, 1.807) is 0 Å². The standard InChI is InChI=1S/C8H9ClN2O4S/c9-16(14,15)6-4-11(3-5-1-2-5)8(13)10-7(6)12/h4-5H,1-3H2,(H,10,12,13). The summed E-state index contributed by atoms with van der Waals surface area (Å²) in [6.07, 6.45) is 3.02. The van der Waals surface area contributed by atoms with E-state index < -0.39 is 25.2 Å². The molecule has 8 heteroatoms. The Hall–Kier alpha value is -1.08. The van der Waals surface area contributed by atoms with Crippen LogP contribution in [-0.2, 0) is 15.6 Å². The maximum atomic E-state index is 11.4. The minimum Gasteiger partial charge on any atom is -0.299 e. The summed E-state index contributed by atoms with van der Waals surface area (Å²) in [7, 11) is 0.958. The fraction of sp³-hybridized carbons (Fsp3) is 0.500. The molecule has 0 radical (unpaired) electrons. The first-order valence-electron chi connectivity index (χ1n) is 4.66. The fourth-order valence-corrected chi connectivity index (χ4v) is 2.23. The van der Waals surface area contributed by atoms with E-state index in [0.717, 1.165) is 19.0 Å². The van der Waals surface area contributed by atoms with Crippen molar-refractivity contribution in [3.8, 4) is 0 Å². The molecule has 1 saturated carbocycles. The number of nitrogens with zero attached hydrogens (tertiary/aromatic N) is 1. The quantitative estimate of drug-likeness (QED) is 0.771. The molecule has 0 spiro atoms. The van der Waals surface area contributed by atoms with Gasteiger partial charge in [-0.3, -0.25) is 14.3 Å². The predicted molar refractivity (Wildman–Crippen MR) is 57.1 cm³/mol. The average Bonchev–Trinajstić information content (AvgIpc) is 2.91. The van der Waals surface area contributed by atoms with E-state index >= 15 is 0 Å². The van der Waals surface area contributed by atoms with Crippen molar-refractivity contribution in [3.63, 3.8) is 0 Å². The Bertz CT molecular complexity index is 626. The van der Waals surface area contributed by atoms with Gasteiger partial charge in [-0.15, -0.1) is 0 Å². The third-order valence-electron chi connectivity index (χ3n) is 2.39. The van der Waals surface area contributed by atoms with Gasteiger partial charge in [0, 0.05) is 23.4 Å². The summed E-state index contributed by atoms with van der Waals surface area (Å²) in [6.45, 7) is 0.412. The van der Waals surface area contributed by atoms with Crippen LogP contribution in [0.15, 0.2) is 20.7 Å². The zero-order valence-electron chi connectivity index (χ0n) is 8.14. The Kier molecular flexibility index (Phi) is 2.67. The molecule has 1 heterocycles. The zero-order valence-corrected chi connectivity index (χ0v) is 9.71. The predicted octanol–water partition coefficient (Wildman–Crippen LogP) is -0.126. The molecule has 1 aliphatic carbocycles. The van der Waals surface area contributed by atoms with Crippen LogP contribution in [0.1, 0.15) is 12.8 Å². The molecule has 88 valence electrons. The molecule has 1 aromatic heterocycles. The summed E-state index contributed by atoms with van der Waals surface area (Å²) < 4.78 is 23.3. The van der Waals surface area contributed by atoms with Gasteiger partial charge >= 0.3 is 5.69 Å². The highest BCUT2D eigenvalue weighted by Gasteiger charge is 2.24. The number of H-pyrrole nitrogens is 1. The normalized spacial score (nSPS) is 16.3. The van der Waals surface area contributed by atoms with E-state index in [-0.39, 0.29) is 0 Å². The van der Waals surface area contributed by atoms with E-state index in [2.05, 4.69) is 0 Å². The van der Waals surface area contributed by atoms with Crippen LogP contribution in [0.3, 0.4) is 0 Å². The topological polar surface area (TPSA) is 89.0 Å². The van der Waals surface area contributed by atoms with Crippen molar-refractivity contribution in [3.05, 3.63) is 27.0 Å². The largest absolute Gasteiger partial charge is 0.328 e. The number of hydrogen-bond acceptors (Lipinski definition) is 4. The number of aromatic nitrogens is 2. The smallest absolute Gasteiger partial charge is 0.299 e. The lowest BCUT2D eigenvalue weighted by molar-refractivity contribution is 0.571. The SMILES string of the molecule is O=c1[nH]c(=O)n(CC2CC2)cc1S(=O)(=O)Cl. The van der Waals surface area contributed by atoms with E-state index in [4.69, 9.17) is 10.7 Å². The lowest BCUT2D eigenvalue weighted by Crippen LogP contribution is -2.32. The number of aromatic amines is 1. The molecule has 0 bridgehead atoms. The highest BCUT2D eigenvalue weighted by atomic mass is 35.7. The Balaban J connectivity index is 2.54. The van der Waals surface area contributed by atoms with Crippen molar-refractivity contribution in [2.24, 2.45) is 5.92 Å². The van der Waals surface area contributed by atoms with Crippen LogP contribution >= 0.6 is 10.7 Å². The Morgan fingerprint density at radius 1 is 1.44 bits per heavy atom. The molecule has 1 fully saturated rings. The second kappa shape index (κ2) is 3.74. The molecule has 6 nitrogen and oxygen atoms in total. The van der Waals surface area contributed by atoms with Gasteiger partial charge in [-0.05, 0) is 18.8 Å². The van der Waals surface area contributed by atoms with Crippen LogP contribution in [0.5, 0.6) is 0 Å². The van der Waals surface area contributed by atoms with E-state index in [1.807, 2.05) is 4.98 Å². The first-order valence-corrected chi connectivity index (χ1v) is 6.97. The first kappa shape index (κ1) is 11.4. The Labute approximate surface area is 95.3 Å². The van der Waals surface area contributed by atoms with Gasteiger partial charge in [0.25, 0.3) is 14.6 Å². The van der Waals surface area contributed by atoms with Crippen molar-refractivity contribution < 1.29 is 8.42 Å². The van der Waals surface area contributed by atoms with Crippen molar-refractivity contribution in [2.45, 2.75) is 24.3 Å². The van der Waals surface area contributed by atoms with Gasteiger partial charge < -0.3 is 0 Å². The van der Waals surface area contributed by atoms with E-state index in [0.29, 0.717) is 12.5 Å². The maximum absolute atomic E-state index is 11.4. The zero-order chi connectivity index (χ0) is 11.9. The Morgan fingerprint density at radius 3 is 2.56 bits per heavy atom. The summed E-state index contributed by atoms with van der Waals surface area (Å²) >= 11 is 0. The lowest BCUT2D eigenvalue weighted by atomic mass is 10.4. The first-order chi connectivity index (χ1) is 7.38. The Morgan fingerprint density at radius 2 is 2.06 bits per heavy atom. The third kappa shape index (κ3) is 2.35. The molecule has 0 unspecified atom stereocenters. The van der Waals surface area contributed by atoms with Crippen LogP contribution in [0.2, 0.25) is 0 Å². The molecule has 0 atom stereocenters. The summed E-state index contributed by atoms with van der Waals surface area (Å²) in [5.74, 6) is 0.384. The van der Waals surface area contributed by atoms with Crippen molar-refractivity contribution in [2.75, 3.05) is 0 Å². The molecule has 0 aliphatic heterocycles. The fourth-order valence-electron chi connectivity index (χ4n) is 1.38. The molecule has 0 amide bonds. The highest BCUT2D eigenvalue weighted by Crippen LogP contribution is 2.30. The van der Waals surface area contributed by atoms with Crippen LogP contribution in [0, 0.1) is 5.92 Å². The van der Waals surface area contributed by atoms with Gasteiger partial charge in [-0.2, -0.15) is 0 Å². The summed E-state index contributed by atoms with van der Waals surface area (Å²) in [5.41, 5.74) is -1.59. The van der Waals surface area contributed by atoms with E-state index in [1.165, 1.54) is 4.57 Å². The summed E-state index contributed by atoms with van der Waals surface area (Å²) in [6, 6.07) is 0. The minimum atomic E-state index is -4.12. The monoisotopic (exact) mass is 264 g/mol. The van der Waals surface area contributed by atoms with Gasteiger partial charge in [0.1, 0.15) is 0 Å². The molecule has 1 aromatic rings. The van der Waals surface area contributed by atoms with E-state index in [9.17, 15) is 18.0 Å². The average molecular weight is 265 g/mol. The van der Waals surface area contributed by atoms with Gasteiger partial charge in [0.15, 0.2) is 4.90 Å². The van der Waals surface area contributed by atoms with Gasteiger partial charge in [-0.25, -0.2) is 13.2 Å². The van der Waals surface area contributed by atoms with Crippen LogP contribution < -0.4 is 11.2 Å². The molecule has 1 aliphatic rings. The summed E-state index contributed by atoms with van der Waals surface area (Å²) in [5, 5.41) is 0. The van der Waals surface area contributed by atoms with Crippen LogP contribution in [0.4, 0.5) is 0 Å². The molecule has 2 rings (SSSR count). The molecule has 1 N–H and O–H groups in total. The second-order valence-corrected chi connectivity index (χ2v) is 6.32. The summed E-state index contributed by atoms with van der Waals surface area (Å²) in [4.78, 5) is 23.9. The molecular formula is C8H9ClN2O4S. The van der Waals surface area contributed by atoms with Crippen LogP contribution in [-0.4, -0.2) is 18.0 Å². The van der Waals surface area contributed by atoms with Crippen molar-refractivity contribution >= 4 is 19.7 Å². The van der Waals surface area contributed by atoms with Crippen LogP contribution in [0.25, 0.3) is 0 Å². The van der Waals surface area contributed by atoms with Gasteiger partial charge in [-0.1, -0.05) is 0 Å². The number of nitrogens with one attached hydrogen (secondary N) is 1. The lowest BCUT2D eigenvalue weighted by Gasteiger charge is -2.04. The highest BCUT2D eigenvalue weighted by molar-refractivity contribution is 8.13. The molecular weight excluding hydrogens is 256 g/mol. The van der Waals surface area contributed by atoms with Gasteiger partial charge in [0.05, 0.1) is 0 Å². The molecule has 0 aromatic carbocycles. The molecule has 16 heavy (non-hydrogen) atoms. The number of rotatable bonds is 3. The van der Waals surface area contributed by atoms with Crippen molar-refractivity contribution in [1.29, 1.82) is 0 Å². The number of hydrogen-bond donors (Lipinski definition) is 1. The second-order valence-electron chi connectivity index (χ2n) is 3.79. The van der Waals surface area contributed by atoms with Crippen molar-refractivity contribution in [1.82, 2.24) is 9.55 Å². The molecule has 0 saturated heterocycles. The maximum Gasteiger partial charge on any atom is 0.328 e. The number of halogens is 1. The van der Waals surface area contributed by atoms with Gasteiger partial charge in [0.2, 0.25) is 0 Å². The third-order valence-corrected chi connectivity index (χ3v) is 3.71. The minimum absolute atomic E-state index is 0.384.